The summed E-state index contributed by atoms with van der Waals surface area (Å²) in [6.45, 7) is 19.5. The summed E-state index contributed by atoms with van der Waals surface area (Å²) in [5, 5.41) is 0. The highest BCUT2D eigenvalue weighted by Gasteiger charge is 2.28. The highest BCUT2D eigenvalue weighted by molar-refractivity contribution is 5.37. The fraction of sp³-hybridized carbons (Fsp3) is 0.706. The Labute approximate surface area is 113 Å². The Balaban J connectivity index is 3.76. The van der Waals surface area contributed by atoms with E-state index in [1.165, 1.54) is 22.5 Å². The van der Waals surface area contributed by atoms with Crippen LogP contribution in [0, 0.1) is 13.8 Å². The quantitative estimate of drug-likeness (QED) is 0.694. The molecule has 0 amide bonds. The largest absolute Gasteiger partial charge is 0.199 e. The molecule has 102 valence electrons. The monoisotopic (exact) mass is 248 g/mol. The van der Waals surface area contributed by atoms with Crippen LogP contribution in [-0.4, -0.2) is 0 Å². The van der Waals surface area contributed by atoms with Crippen molar-refractivity contribution in [3.05, 3.63) is 28.1 Å². The maximum atomic E-state index is 2.55. The first-order valence-electron chi connectivity index (χ1n) is 7.42. The molecular formula is C17H30N+. The molecule has 1 nitrogen and oxygen atoms in total. The molecule has 0 aliphatic heterocycles. The molecule has 0 saturated heterocycles. The molecule has 18 heavy (non-hydrogen) atoms. The van der Waals surface area contributed by atoms with Gasteiger partial charge < -0.3 is 0 Å². The van der Waals surface area contributed by atoms with E-state index in [-0.39, 0.29) is 0 Å². The molecule has 1 aromatic heterocycles. The molecule has 0 atom stereocenters. The minimum absolute atomic E-state index is 0.591. The van der Waals surface area contributed by atoms with E-state index in [1.54, 1.807) is 5.56 Å². The second-order valence-corrected chi connectivity index (χ2v) is 5.91. The zero-order valence-electron chi connectivity index (χ0n) is 13.5. The summed E-state index contributed by atoms with van der Waals surface area (Å²) >= 11 is 0. The Bertz CT molecular complexity index is 393. The van der Waals surface area contributed by atoms with E-state index in [2.05, 4.69) is 60.0 Å². The molecule has 0 unspecified atom stereocenters. The molecular weight excluding hydrogens is 218 g/mol. The van der Waals surface area contributed by atoms with Crippen LogP contribution in [0.4, 0.5) is 0 Å². The summed E-state index contributed by atoms with van der Waals surface area (Å²) in [5.41, 5.74) is 7.65. The zero-order chi connectivity index (χ0) is 14.0. The van der Waals surface area contributed by atoms with Crippen LogP contribution in [0.3, 0.4) is 0 Å². The molecule has 1 aromatic rings. The van der Waals surface area contributed by atoms with Crippen molar-refractivity contribution in [2.24, 2.45) is 0 Å². The Kier molecular flexibility index (Phi) is 4.95. The van der Waals surface area contributed by atoms with Crippen molar-refractivity contribution in [2.45, 2.75) is 80.2 Å². The second kappa shape index (κ2) is 5.86. The third-order valence-corrected chi connectivity index (χ3v) is 4.02. The van der Waals surface area contributed by atoms with Gasteiger partial charge in [0.05, 0.1) is 0 Å². The fourth-order valence-corrected chi connectivity index (χ4v) is 3.49. The first kappa shape index (κ1) is 15.2. The van der Waals surface area contributed by atoms with Crippen molar-refractivity contribution in [2.75, 3.05) is 0 Å². The molecule has 0 radical (unpaired) electrons. The van der Waals surface area contributed by atoms with Gasteiger partial charge in [0, 0.05) is 23.0 Å². The lowest BCUT2D eigenvalue weighted by atomic mass is 9.90. The fourth-order valence-electron chi connectivity index (χ4n) is 3.49. The number of hydrogen-bond acceptors (Lipinski definition) is 0. The van der Waals surface area contributed by atoms with Gasteiger partial charge in [-0.15, -0.1) is 0 Å². The number of hydrogen-bond donors (Lipinski definition) is 0. The molecule has 0 fully saturated rings. The first-order valence-corrected chi connectivity index (χ1v) is 7.42. The minimum atomic E-state index is 0.591. The van der Waals surface area contributed by atoms with Crippen LogP contribution in [0.5, 0.6) is 0 Å². The lowest BCUT2D eigenvalue weighted by Crippen LogP contribution is -2.45. The Hall–Kier alpha value is -0.850. The van der Waals surface area contributed by atoms with E-state index in [0.717, 1.165) is 13.0 Å². The topological polar surface area (TPSA) is 3.88 Å². The molecule has 0 N–H and O–H groups in total. The van der Waals surface area contributed by atoms with Crippen LogP contribution < -0.4 is 4.57 Å². The maximum absolute atomic E-state index is 2.55. The smallest absolute Gasteiger partial charge is 0.187 e. The van der Waals surface area contributed by atoms with Crippen molar-refractivity contribution >= 4 is 0 Å². The zero-order valence-corrected chi connectivity index (χ0v) is 13.5. The number of nitrogens with zero attached hydrogens (tertiary/aromatic N) is 1. The van der Waals surface area contributed by atoms with Gasteiger partial charge in [0.1, 0.15) is 6.54 Å². The van der Waals surface area contributed by atoms with Crippen LogP contribution in [0.15, 0.2) is 0 Å². The summed E-state index contributed by atoms with van der Waals surface area (Å²) in [6.07, 6.45) is 1.14. The van der Waals surface area contributed by atoms with Gasteiger partial charge in [0.25, 0.3) is 0 Å². The van der Waals surface area contributed by atoms with Crippen LogP contribution in [0.25, 0.3) is 0 Å². The summed E-state index contributed by atoms with van der Waals surface area (Å²) in [7, 11) is 0. The maximum Gasteiger partial charge on any atom is 0.187 e. The predicted octanol–water partition coefficient (Wildman–Crippen LogP) is 4.42. The highest BCUT2D eigenvalue weighted by atomic mass is 15.0. The van der Waals surface area contributed by atoms with Gasteiger partial charge in [0.2, 0.25) is 0 Å². The highest BCUT2D eigenvalue weighted by Crippen LogP contribution is 2.27. The van der Waals surface area contributed by atoms with E-state index in [1.807, 2.05) is 0 Å². The van der Waals surface area contributed by atoms with Gasteiger partial charge in [-0.1, -0.05) is 34.6 Å². The summed E-state index contributed by atoms with van der Waals surface area (Å²) in [5.74, 6) is 1.18. The van der Waals surface area contributed by atoms with Gasteiger partial charge in [0.15, 0.2) is 11.4 Å². The molecule has 0 aliphatic rings. The molecule has 0 aromatic carbocycles. The first-order chi connectivity index (χ1) is 8.36. The lowest BCUT2D eigenvalue weighted by Gasteiger charge is -2.20. The third kappa shape index (κ3) is 2.46. The summed E-state index contributed by atoms with van der Waals surface area (Å²) in [4.78, 5) is 0. The van der Waals surface area contributed by atoms with Crippen molar-refractivity contribution in [3.8, 4) is 0 Å². The molecule has 1 heteroatoms. The Morgan fingerprint density at radius 1 is 0.833 bits per heavy atom. The van der Waals surface area contributed by atoms with Crippen LogP contribution >= 0.6 is 0 Å². The van der Waals surface area contributed by atoms with Crippen molar-refractivity contribution in [1.82, 2.24) is 0 Å². The van der Waals surface area contributed by atoms with Crippen LogP contribution in [0.2, 0.25) is 0 Å². The van der Waals surface area contributed by atoms with E-state index in [4.69, 9.17) is 0 Å². The molecule has 0 bridgehead atoms. The van der Waals surface area contributed by atoms with Gasteiger partial charge in [-0.2, -0.15) is 4.57 Å². The van der Waals surface area contributed by atoms with Crippen molar-refractivity contribution in [3.63, 3.8) is 0 Å². The van der Waals surface area contributed by atoms with Gasteiger partial charge >= 0.3 is 0 Å². The normalized spacial score (nSPS) is 11.7. The van der Waals surface area contributed by atoms with E-state index in [9.17, 15) is 0 Å². The van der Waals surface area contributed by atoms with E-state index in [0.29, 0.717) is 11.8 Å². The molecule has 1 rings (SSSR count). The SMILES string of the molecule is CCc1c(C)c(C(C)C)[n+](CC)c(C(C)C)c1C. The summed E-state index contributed by atoms with van der Waals surface area (Å²) < 4.78 is 2.55. The third-order valence-electron chi connectivity index (χ3n) is 4.02. The molecule has 0 saturated carbocycles. The van der Waals surface area contributed by atoms with Crippen molar-refractivity contribution < 1.29 is 4.57 Å². The van der Waals surface area contributed by atoms with Crippen LogP contribution in [0.1, 0.15) is 81.5 Å². The number of pyridine rings is 1. The molecule has 0 aliphatic carbocycles. The molecule has 0 spiro atoms. The average molecular weight is 248 g/mol. The molecule has 1 heterocycles. The predicted molar refractivity (Wildman–Crippen MR) is 79.3 cm³/mol. The number of aromatic nitrogens is 1. The van der Waals surface area contributed by atoms with E-state index < -0.39 is 0 Å². The Morgan fingerprint density at radius 3 is 1.44 bits per heavy atom. The van der Waals surface area contributed by atoms with E-state index >= 15 is 0 Å². The van der Waals surface area contributed by atoms with Crippen LogP contribution in [-0.2, 0) is 13.0 Å². The standard InChI is InChI=1S/C17H30N/c1-9-15-13(7)16(11(3)4)18(10-2)17(12(5)6)14(15)8/h11-12H,9-10H2,1-8H3/q+1. The van der Waals surface area contributed by atoms with Gasteiger partial charge in [-0.3, -0.25) is 0 Å². The van der Waals surface area contributed by atoms with Gasteiger partial charge in [-0.05, 0) is 32.8 Å². The second-order valence-electron chi connectivity index (χ2n) is 5.91. The van der Waals surface area contributed by atoms with Crippen molar-refractivity contribution in [1.29, 1.82) is 0 Å². The number of rotatable bonds is 4. The lowest BCUT2D eigenvalue weighted by molar-refractivity contribution is -0.710. The Morgan fingerprint density at radius 2 is 1.22 bits per heavy atom. The summed E-state index contributed by atoms with van der Waals surface area (Å²) in [6, 6.07) is 0. The van der Waals surface area contributed by atoms with Gasteiger partial charge in [-0.25, -0.2) is 0 Å². The minimum Gasteiger partial charge on any atom is -0.199 e. The average Bonchev–Trinajstić information content (AvgIpc) is 2.27.